The van der Waals surface area contributed by atoms with E-state index in [9.17, 15) is 0 Å². The molecule has 0 N–H and O–H groups in total. The number of anilines is 2. The first-order valence-corrected chi connectivity index (χ1v) is 10.2. The number of piperazine rings is 1. The number of benzene rings is 3. The van der Waals surface area contributed by atoms with E-state index >= 15 is 0 Å². The summed E-state index contributed by atoms with van der Waals surface area (Å²) in [5.41, 5.74) is 4.47. The highest BCUT2D eigenvalue weighted by molar-refractivity contribution is 6.30. The lowest BCUT2D eigenvalue weighted by atomic mass is 10.1. The summed E-state index contributed by atoms with van der Waals surface area (Å²) >= 11 is 6.01. The van der Waals surface area contributed by atoms with E-state index in [4.69, 9.17) is 16.6 Å². The van der Waals surface area contributed by atoms with Crippen molar-refractivity contribution in [2.24, 2.45) is 0 Å². The average Bonchev–Trinajstić information content (AvgIpc) is 2.79. The van der Waals surface area contributed by atoms with E-state index in [0.29, 0.717) is 0 Å². The van der Waals surface area contributed by atoms with Gasteiger partial charge in [-0.1, -0.05) is 41.9 Å². The van der Waals surface area contributed by atoms with Crippen LogP contribution in [-0.4, -0.2) is 36.1 Å². The molecule has 4 aromatic rings. The fourth-order valence-electron chi connectivity index (χ4n) is 3.83. The summed E-state index contributed by atoms with van der Waals surface area (Å²) in [5.74, 6) is 0.769. The molecule has 5 rings (SSSR count). The lowest BCUT2D eigenvalue weighted by Crippen LogP contribution is -2.46. The third kappa shape index (κ3) is 3.76. The molecule has 3 aromatic carbocycles. The molecule has 5 heteroatoms. The zero-order valence-corrected chi connectivity index (χ0v) is 16.8. The van der Waals surface area contributed by atoms with Gasteiger partial charge in [0.15, 0.2) is 5.82 Å². The minimum atomic E-state index is 0.769. The molecule has 1 aromatic heterocycles. The maximum absolute atomic E-state index is 6.01. The minimum absolute atomic E-state index is 0.769. The van der Waals surface area contributed by atoms with Gasteiger partial charge in [0.05, 0.1) is 5.52 Å². The predicted molar refractivity (Wildman–Crippen MR) is 121 cm³/mol. The smallest absolute Gasteiger partial charge is 0.159 e. The molecule has 1 fully saturated rings. The fourth-order valence-corrected chi connectivity index (χ4v) is 3.95. The van der Waals surface area contributed by atoms with Crippen LogP contribution in [0.3, 0.4) is 0 Å². The molecule has 0 amide bonds. The van der Waals surface area contributed by atoms with E-state index in [1.165, 1.54) is 11.4 Å². The highest BCUT2D eigenvalue weighted by Gasteiger charge is 2.18. The van der Waals surface area contributed by atoms with Crippen molar-refractivity contribution < 1.29 is 0 Å². The van der Waals surface area contributed by atoms with Crippen LogP contribution in [0.2, 0.25) is 5.02 Å². The molecule has 29 heavy (non-hydrogen) atoms. The molecule has 1 aliphatic heterocycles. The van der Waals surface area contributed by atoms with Crippen molar-refractivity contribution in [3.63, 3.8) is 0 Å². The summed E-state index contributed by atoms with van der Waals surface area (Å²) in [4.78, 5) is 14.1. The standard InChI is InChI=1S/C24H21ClN4/c25-20-8-10-21(11-9-20)28-12-14-29(15-13-28)22-6-3-5-18(16-22)24-26-17-19-4-1-2-7-23(19)27-24/h1-11,16-17H,12-15H2. The first-order valence-electron chi connectivity index (χ1n) is 9.84. The molecule has 0 atom stereocenters. The molecule has 0 bridgehead atoms. The summed E-state index contributed by atoms with van der Waals surface area (Å²) in [6.45, 7) is 3.92. The van der Waals surface area contributed by atoms with Crippen molar-refractivity contribution >= 4 is 33.9 Å². The molecule has 1 saturated heterocycles. The topological polar surface area (TPSA) is 32.3 Å². The van der Waals surface area contributed by atoms with Gasteiger partial charge < -0.3 is 9.80 Å². The van der Waals surface area contributed by atoms with Crippen LogP contribution in [-0.2, 0) is 0 Å². The van der Waals surface area contributed by atoms with E-state index in [-0.39, 0.29) is 0 Å². The summed E-state index contributed by atoms with van der Waals surface area (Å²) in [7, 11) is 0. The van der Waals surface area contributed by atoms with E-state index in [0.717, 1.165) is 53.5 Å². The van der Waals surface area contributed by atoms with Crippen molar-refractivity contribution in [2.75, 3.05) is 36.0 Å². The average molecular weight is 401 g/mol. The SMILES string of the molecule is Clc1ccc(N2CCN(c3cccc(-c4ncc5ccccc5n4)c3)CC2)cc1. The highest BCUT2D eigenvalue weighted by Crippen LogP contribution is 2.26. The van der Waals surface area contributed by atoms with Crippen LogP contribution < -0.4 is 9.80 Å². The number of para-hydroxylation sites is 1. The molecule has 0 spiro atoms. The Kier molecular flexibility index (Phi) is 4.78. The minimum Gasteiger partial charge on any atom is -0.368 e. The first kappa shape index (κ1) is 18.0. The Balaban J connectivity index is 1.34. The summed E-state index contributed by atoms with van der Waals surface area (Å²) in [6.07, 6.45) is 1.90. The zero-order chi connectivity index (χ0) is 19.6. The van der Waals surface area contributed by atoms with Crippen molar-refractivity contribution in [3.8, 4) is 11.4 Å². The van der Waals surface area contributed by atoms with Gasteiger partial charge in [-0.3, -0.25) is 0 Å². The Morgan fingerprint density at radius 3 is 2.24 bits per heavy atom. The van der Waals surface area contributed by atoms with Gasteiger partial charge in [0.25, 0.3) is 0 Å². The van der Waals surface area contributed by atoms with Crippen molar-refractivity contribution in [1.82, 2.24) is 9.97 Å². The number of hydrogen-bond donors (Lipinski definition) is 0. The van der Waals surface area contributed by atoms with Gasteiger partial charge in [-0.05, 0) is 42.5 Å². The Morgan fingerprint density at radius 1 is 0.724 bits per heavy atom. The molecule has 0 aliphatic carbocycles. The Bertz CT molecular complexity index is 1130. The van der Waals surface area contributed by atoms with Crippen LogP contribution in [0.5, 0.6) is 0 Å². The summed E-state index contributed by atoms with van der Waals surface area (Å²) in [5, 5.41) is 1.84. The zero-order valence-electron chi connectivity index (χ0n) is 16.0. The second-order valence-corrected chi connectivity index (χ2v) is 7.69. The molecule has 144 valence electrons. The number of nitrogens with zero attached hydrogens (tertiary/aromatic N) is 4. The molecule has 0 unspecified atom stereocenters. The fraction of sp³-hybridized carbons (Fsp3) is 0.167. The number of hydrogen-bond acceptors (Lipinski definition) is 4. The van der Waals surface area contributed by atoms with E-state index < -0.39 is 0 Å². The van der Waals surface area contributed by atoms with Gasteiger partial charge >= 0.3 is 0 Å². The third-order valence-electron chi connectivity index (χ3n) is 5.43. The van der Waals surface area contributed by atoms with E-state index in [1.54, 1.807) is 0 Å². The quantitative estimate of drug-likeness (QED) is 0.468. The Morgan fingerprint density at radius 2 is 1.45 bits per heavy atom. The maximum Gasteiger partial charge on any atom is 0.159 e. The van der Waals surface area contributed by atoms with Crippen molar-refractivity contribution in [3.05, 3.63) is 84.0 Å². The van der Waals surface area contributed by atoms with Gasteiger partial charge in [-0.15, -0.1) is 0 Å². The van der Waals surface area contributed by atoms with E-state index in [1.807, 2.05) is 42.6 Å². The maximum atomic E-state index is 6.01. The number of aromatic nitrogens is 2. The molecule has 2 heterocycles. The van der Waals surface area contributed by atoms with Crippen molar-refractivity contribution in [1.29, 1.82) is 0 Å². The largest absolute Gasteiger partial charge is 0.368 e. The highest BCUT2D eigenvalue weighted by atomic mass is 35.5. The summed E-state index contributed by atoms with van der Waals surface area (Å²) in [6, 6.07) is 24.7. The van der Waals surface area contributed by atoms with Gasteiger partial charge in [0, 0.05) is 59.7 Å². The molecular weight excluding hydrogens is 380 g/mol. The van der Waals surface area contributed by atoms with Gasteiger partial charge in [0.1, 0.15) is 0 Å². The van der Waals surface area contributed by atoms with Gasteiger partial charge in [0.2, 0.25) is 0 Å². The Hall–Kier alpha value is -3.11. The second-order valence-electron chi connectivity index (χ2n) is 7.25. The summed E-state index contributed by atoms with van der Waals surface area (Å²) < 4.78 is 0. The van der Waals surface area contributed by atoms with Crippen LogP contribution in [0.1, 0.15) is 0 Å². The molecule has 4 nitrogen and oxygen atoms in total. The van der Waals surface area contributed by atoms with Crippen molar-refractivity contribution in [2.45, 2.75) is 0 Å². The van der Waals surface area contributed by atoms with Crippen LogP contribution in [0.4, 0.5) is 11.4 Å². The van der Waals surface area contributed by atoms with Crippen LogP contribution in [0.15, 0.2) is 79.0 Å². The monoisotopic (exact) mass is 400 g/mol. The number of fused-ring (bicyclic) bond motifs is 1. The lowest BCUT2D eigenvalue weighted by Gasteiger charge is -2.37. The van der Waals surface area contributed by atoms with Crippen LogP contribution >= 0.6 is 11.6 Å². The van der Waals surface area contributed by atoms with Crippen LogP contribution in [0, 0.1) is 0 Å². The second kappa shape index (κ2) is 7.72. The van der Waals surface area contributed by atoms with Gasteiger partial charge in [-0.2, -0.15) is 0 Å². The van der Waals surface area contributed by atoms with E-state index in [2.05, 4.69) is 51.2 Å². The molecule has 0 saturated carbocycles. The number of halogens is 1. The lowest BCUT2D eigenvalue weighted by molar-refractivity contribution is 0.653. The van der Waals surface area contributed by atoms with Gasteiger partial charge in [-0.25, -0.2) is 9.97 Å². The molecule has 1 aliphatic rings. The third-order valence-corrected chi connectivity index (χ3v) is 5.68. The van der Waals surface area contributed by atoms with Crippen LogP contribution in [0.25, 0.3) is 22.3 Å². The molecular formula is C24H21ClN4. The first-order chi connectivity index (χ1) is 14.3. The molecule has 0 radical (unpaired) electrons. The Labute approximate surface area is 175 Å². The normalized spacial score (nSPS) is 14.4. The predicted octanol–water partition coefficient (Wildman–Crippen LogP) is 5.28. The number of rotatable bonds is 3.